The highest BCUT2D eigenvalue weighted by Crippen LogP contribution is 2.22. The van der Waals surface area contributed by atoms with Gasteiger partial charge in [-0.15, -0.1) is 0 Å². The lowest BCUT2D eigenvalue weighted by atomic mass is 10.1. The molecule has 1 aliphatic heterocycles. The predicted molar refractivity (Wildman–Crippen MR) is 110 cm³/mol. The van der Waals surface area contributed by atoms with Crippen LogP contribution in [-0.4, -0.2) is 41.0 Å². The first kappa shape index (κ1) is 19.1. The molecule has 0 saturated carbocycles. The van der Waals surface area contributed by atoms with Crippen LogP contribution in [0.2, 0.25) is 0 Å². The molecule has 29 heavy (non-hydrogen) atoms. The number of aromatic amines is 1. The van der Waals surface area contributed by atoms with E-state index in [0.717, 1.165) is 37.4 Å². The molecule has 3 heterocycles. The van der Waals surface area contributed by atoms with Gasteiger partial charge in [0.1, 0.15) is 11.9 Å². The highest BCUT2D eigenvalue weighted by Gasteiger charge is 2.20. The molecule has 4 rings (SSSR count). The van der Waals surface area contributed by atoms with E-state index in [0.29, 0.717) is 29.7 Å². The Morgan fingerprint density at radius 1 is 1.17 bits per heavy atom. The van der Waals surface area contributed by atoms with Gasteiger partial charge < -0.3 is 9.88 Å². The Hall–Kier alpha value is -3.24. The average molecular weight is 391 g/mol. The second kappa shape index (κ2) is 8.02. The molecule has 1 saturated heterocycles. The number of halogens is 1. The number of pyridine rings is 2. The molecule has 0 bridgehead atoms. The molecule has 0 amide bonds. The molecule has 0 unspecified atom stereocenters. The smallest absolute Gasteiger partial charge is 0.251 e. The number of H-pyrrole nitrogens is 1. The molecule has 6 nitrogen and oxygen atoms in total. The summed E-state index contributed by atoms with van der Waals surface area (Å²) in [7, 11) is 0. The summed E-state index contributed by atoms with van der Waals surface area (Å²) >= 11 is 0. The van der Waals surface area contributed by atoms with Crippen LogP contribution in [0.3, 0.4) is 0 Å². The Labute approximate surface area is 168 Å². The Morgan fingerprint density at radius 3 is 2.62 bits per heavy atom. The first-order chi connectivity index (χ1) is 14.1. The summed E-state index contributed by atoms with van der Waals surface area (Å²) in [5, 5.41) is 9.60. The molecule has 7 heteroatoms. The van der Waals surface area contributed by atoms with Gasteiger partial charge in [-0.25, -0.2) is 9.37 Å². The molecule has 0 spiro atoms. The SMILES string of the molecule is CCc1cc2ccc(CN3CCN(c4ccc(C#N)cn4)CC3)c(F)c2[nH]c1=O. The zero-order valence-electron chi connectivity index (χ0n) is 16.3. The van der Waals surface area contributed by atoms with Gasteiger partial charge in [0, 0.05) is 55.4 Å². The molecule has 0 atom stereocenters. The summed E-state index contributed by atoms with van der Waals surface area (Å²) in [5.74, 6) is 0.503. The van der Waals surface area contributed by atoms with E-state index < -0.39 is 0 Å². The fourth-order valence-electron chi connectivity index (χ4n) is 3.73. The highest BCUT2D eigenvalue weighted by atomic mass is 19.1. The number of fused-ring (bicyclic) bond motifs is 1. The van der Waals surface area contributed by atoms with E-state index in [1.165, 1.54) is 0 Å². The zero-order chi connectivity index (χ0) is 20.4. The molecular formula is C22H22FN5O. The third-order valence-electron chi connectivity index (χ3n) is 5.46. The molecular weight excluding hydrogens is 369 g/mol. The van der Waals surface area contributed by atoms with Crippen molar-refractivity contribution in [3.8, 4) is 6.07 Å². The number of hydrogen-bond acceptors (Lipinski definition) is 5. The molecule has 1 fully saturated rings. The Morgan fingerprint density at radius 2 is 1.97 bits per heavy atom. The first-order valence-corrected chi connectivity index (χ1v) is 9.75. The monoisotopic (exact) mass is 391 g/mol. The van der Waals surface area contributed by atoms with Crippen LogP contribution in [0.1, 0.15) is 23.6 Å². The van der Waals surface area contributed by atoms with Gasteiger partial charge in [0.05, 0.1) is 11.1 Å². The summed E-state index contributed by atoms with van der Waals surface area (Å²) in [6, 6.07) is 11.2. The van der Waals surface area contributed by atoms with E-state index in [4.69, 9.17) is 5.26 Å². The van der Waals surface area contributed by atoms with Crippen LogP contribution in [0.4, 0.5) is 10.2 Å². The highest BCUT2D eigenvalue weighted by molar-refractivity contribution is 5.80. The Balaban J connectivity index is 1.46. The minimum Gasteiger partial charge on any atom is -0.354 e. The first-order valence-electron chi connectivity index (χ1n) is 9.75. The molecule has 0 aliphatic carbocycles. The minimum absolute atomic E-state index is 0.223. The summed E-state index contributed by atoms with van der Waals surface area (Å²) in [6.07, 6.45) is 2.20. The van der Waals surface area contributed by atoms with Gasteiger partial charge >= 0.3 is 0 Å². The largest absolute Gasteiger partial charge is 0.354 e. The lowest BCUT2D eigenvalue weighted by Crippen LogP contribution is -2.46. The summed E-state index contributed by atoms with van der Waals surface area (Å²) in [4.78, 5) is 23.5. The van der Waals surface area contributed by atoms with Crippen LogP contribution in [0, 0.1) is 17.1 Å². The van der Waals surface area contributed by atoms with Crippen LogP contribution in [0.5, 0.6) is 0 Å². The van der Waals surface area contributed by atoms with Crippen molar-refractivity contribution in [1.29, 1.82) is 5.26 Å². The number of nitrogens with one attached hydrogen (secondary N) is 1. The van der Waals surface area contributed by atoms with Crippen molar-refractivity contribution >= 4 is 16.7 Å². The predicted octanol–water partition coefficient (Wildman–Crippen LogP) is 2.82. The van der Waals surface area contributed by atoms with E-state index in [1.807, 2.05) is 25.1 Å². The van der Waals surface area contributed by atoms with E-state index in [1.54, 1.807) is 18.3 Å². The van der Waals surface area contributed by atoms with Crippen molar-refractivity contribution in [2.75, 3.05) is 31.1 Å². The maximum atomic E-state index is 15.0. The number of anilines is 1. The van der Waals surface area contributed by atoms with E-state index in [-0.39, 0.29) is 16.9 Å². The summed E-state index contributed by atoms with van der Waals surface area (Å²) in [6.45, 7) is 5.53. The van der Waals surface area contributed by atoms with Crippen LogP contribution in [-0.2, 0) is 13.0 Å². The van der Waals surface area contributed by atoms with Gasteiger partial charge in [-0.2, -0.15) is 5.26 Å². The summed E-state index contributed by atoms with van der Waals surface area (Å²) in [5.41, 5.74) is 1.85. The molecule has 1 aromatic carbocycles. The number of aromatic nitrogens is 2. The number of piperazine rings is 1. The molecule has 148 valence electrons. The van der Waals surface area contributed by atoms with Crippen molar-refractivity contribution in [3.63, 3.8) is 0 Å². The van der Waals surface area contributed by atoms with Gasteiger partial charge in [-0.1, -0.05) is 19.1 Å². The molecule has 3 aromatic rings. The third-order valence-corrected chi connectivity index (χ3v) is 5.46. The number of nitrogens with zero attached hydrogens (tertiary/aromatic N) is 4. The second-order valence-corrected chi connectivity index (χ2v) is 7.26. The Kier molecular flexibility index (Phi) is 5.28. The molecule has 0 radical (unpaired) electrons. The lowest BCUT2D eigenvalue weighted by Gasteiger charge is -2.35. The lowest BCUT2D eigenvalue weighted by molar-refractivity contribution is 0.246. The molecule has 1 N–H and O–H groups in total. The fraction of sp³-hybridized carbons (Fsp3) is 0.318. The number of nitriles is 1. The van der Waals surface area contributed by atoms with Crippen molar-refractivity contribution in [2.24, 2.45) is 0 Å². The number of benzene rings is 1. The molecule has 2 aromatic heterocycles. The van der Waals surface area contributed by atoms with Crippen LogP contribution >= 0.6 is 0 Å². The number of aryl methyl sites for hydroxylation is 1. The zero-order valence-corrected chi connectivity index (χ0v) is 16.3. The van der Waals surface area contributed by atoms with Crippen LogP contribution in [0.15, 0.2) is 41.3 Å². The van der Waals surface area contributed by atoms with Gasteiger partial charge in [0.15, 0.2) is 5.82 Å². The number of rotatable bonds is 4. The van der Waals surface area contributed by atoms with E-state index in [2.05, 4.69) is 25.8 Å². The topological polar surface area (TPSA) is 76.0 Å². The fourth-order valence-corrected chi connectivity index (χ4v) is 3.73. The summed E-state index contributed by atoms with van der Waals surface area (Å²) < 4.78 is 15.0. The Bertz CT molecular complexity index is 1120. The molecule has 1 aliphatic rings. The maximum Gasteiger partial charge on any atom is 0.251 e. The van der Waals surface area contributed by atoms with Crippen molar-refractivity contribution in [1.82, 2.24) is 14.9 Å². The normalized spacial score (nSPS) is 14.9. The van der Waals surface area contributed by atoms with Gasteiger partial charge in [-0.3, -0.25) is 9.69 Å². The van der Waals surface area contributed by atoms with Crippen LogP contribution < -0.4 is 10.5 Å². The van der Waals surface area contributed by atoms with E-state index >= 15 is 4.39 Å². The second-order valence-electron chi connectivity index (χ2n) is 7.26. The van der Waals surface area contributed by atoms with Crippen LogP contribution in [0.25, 0.3) is 10.9 Å². The van der Waals surface area contributed by atoms with E-state index in [9.17, 15) is 4.79 Å². The standard InChI is InChI=1S/C22H22FN5O/c1-2-16-11-17-4-5-18(20(23)21(17)26-22(16)29)14-27-7-9-28(10-8-27)19-6-3-15(12-24)13-25-19/h3-6,11,13H,2,7-10,14H2,1H3,(H,26,29). The van der Waals surface area contributed by atoms with Crippen molar-refractivity contribution in [2.45, 2.75) is 19.9 Å². The van der Waals surface area contributed by atoms with Crippen molar-refractivity contribution in [3.05, 3.63) is 69.4 Å². The minimum atomic E-state index is -0.349. The van der Waals surface area contributed by atoms with Crippen molar-refractivity contribution < 1.29 is 4.39 Å². The van der Waals surface area contributed by atoms with Gasteiger partial charge in [0.25, 0.3) is 5.56 Å². The number of hydrogen-bond donors (Lipinski definition) is 1. The van der Waals surface area contributed by atoms with Gasteiger partial charge in [-0.05, 0) is 24.6 Å². The quantitative estimate of drug-likeness (QED) is 0.740. The maximum absolute atomic E-state index is 15.0. The average Bonchev–Trinajstić information content (AvgIpc) is 2.76. The third kappa shape index (κ3) is 3.84. The van der Waals surface area contributed by atoms with Gasteiger partial charge in [0.2, 0.25) is 0 Å².